The van der Waals surface area contributed by atoms with Gasteiger partial charge in [0.15, 0.2) is 11.4 Å². The second-order valence-corrected chi connectivity index (χ2v) is 10.8. The summed E-state index contributed by atoms with van der Waals surface area (Å²) in [6.07, 6.45) is 3.95. The van der Waals surface area contributed by atoms with Crippen molar-refractivity contribution in [1.29, 1.82) is 0 Å². The van der Waals surface area contributed by atoms with E-state index in [2.05, 4.69) is 12.1 Å². The van der Waals surface area contributed by atoms with Gasteiger partial charge in [-0.05, 0) is 31.7 Å². The number of aromatic amines is 1. The molecule has 11 nitrogen and oxygen atoms in total. The van der Waals surface area contributed by atoms with E-state index in [4.69, 9.17) is 13.8 Å². The number of ether oxygens (including phenoxy) is 1. The van der Waals surface area contributed by atoms with Crippen molar-refractivity contribution >= 4 is 13.6 Å². The van der Waals surface area contributed by atoms with E-state index < -0.39 is 61.6 Å². The predicted molar refractivity (Wildman–Crippen MR) is 135 cm³/mol. The summed E-state index contributed by atoms with van der Waals surface area (Å²) in [5, 5.41) is 10.8. The summed E-state index contributed by atoms with van der Waals surface area (Å²) >= 11 is 0. The normalized spacial score (nSPS) is 22.8. The standard InChI is InChI=1S/C25H34FN2O9P/c1-18(29)25(32)15-22(28-16-20(26)23(30)27-24(28)31)37-21(25)17-36-38(33,34)35-14-10-5-3-2-4-7-11-19-12-8-6-9-13-19/h6,8-9,12-13,16,21-22,32H,2-5,7,10-11,14-15,17H2,1H3,(H,33,34)(H,27,30,31)/t21-,22-,25-/m1/s1. The summed E-state index contributed by atoms with van der Waals surface area (Å²) in [6, 6.07) is 10.3. The molecule has 210 valence electrons. The number of Topliss-reactive ketones (excluding diaryl/α,β-unsaturated/α-hetero) is 1. The lowest BCUT2D eigenvalue weighted by Crippen LogP contribution is -2.47. The number of phosphoric acid groups is 1. The number of aryl methyl sites for hydroxylation is 1. The molecular formula is C25H34FN2O9P. The zero-order chi connectivity index (χ0) is 27.8. The van der Waals surface area contributed by atoms with Gasteiger partial charge in [0.05, 0.1) is 19.4 Å². The molecule has 0 spiro atoms. The topological polar surface area (TPSA) is 157 Å². The maximum atomic E-state index is 13.7. The molecule has 0 bridgehead atoms. The fourth-order valence-electron chi connectivity index (χ4n) is 4.30. The van der Waals surface area contributed by atoms with E-state index in [-0.39, 0.29) is 6.61 Å². The van der Waals surface area contributed by atoms with Gasteiger partial charge in [-0.1, -0.05) is 56.0 Å². The van der Waals surface area contributed by atoms with Crippen LogP contribution in [-0.2, 0) is 29.6 Å². The molecule has 1 aliphatic rings. The number of aromatic nitrogens is 2. The molecule has 38 heavy (non-hydrogen) atoms. The Bertz CT molecular complexity index is 1240. The lowest BCUT2D eigenvalue weighted by atomic mass is 9.91. The Labute approximate surface area is 219 Å². The van der Waals surface area contributed by atoms with E-state index in [0.29, 0.717) is 17.2 Å². The van der Waals surface area contributed by atoms with Gasteiger partial charge in [0, 0.05) is 6.42 Å². The maximum Gasteiger partial charge on any atom is 0.472 e. The second kappa shape index (κ2) is 13.5. The van der Waals surface area contributed by atoms with Crippen LogP contribution < -0.4 is 11.2 Å². The SMILES string of the molecule is CC(=O)[C@]1(O)C[C@H](n2cc(F)c(=O)[nH]c2=O)O[C@@H]1COP(=O)(O)OCCCCCCCCc1ccccc1. The summed E-state index contributed by atoms with van der Waals surface area (Å²) in [4.78, 5) is 47.2. The van der Waals surface area contributed by atoms with Crippen LogP contribution in [0.5, 0.6) is 0 Å². The number of nitrogens with one attached hydrogen (secondary N) is 1. The van der Waals surface area contributed by atoms with E-state index in [9.17, 15) is 33.3 Å². The number of phosphoric ester groups is 1. The highest BCUT2D eigenvalue weighted by Gasteiger charge is 2.52. The van der Waals surface area contributed by atoms with Crippen LogP contribution in [0.25, 0.3) is 0 Å². The minimum atomic E-state index is -4.53. The number of carbonyl (C=O) groups excluding carboxylic acids is 1. The van der Waals surface area contributed by atoms with E-state index in [1.165, 1.54) is 5.56 Å². The first kappa shape index (κ1) is 30.1. The third-order valence-corrected chi connectivity index (χ3v) is 7.51. The Hall–Kier alpha value is -2.47. The molecule has 1 fully saturated rings. The first-order valence-corrected chi connectivity index (χ1v) is 14.1. The lowest BCUT2D eigenvalue weighted by Gasteiger charge is -2.25. The summed E-state index contributed by atoms with van der Waals surface area (Å²) < 4.78 is 42.1. The Kier molecular flexibility index (Phi) is 10.7. The quantitative estimate of drug-likeness (QED) is 0.222. The van der Waals surface area contributed by atoms with Crippen molar-refractivity contribution < 1.29 is 37.5 Å². The number of carbonyl (C=O) groups is 1. The molecule has 3 rings (SSSR count). The Balaban J connectivity index is 1.40. The first-order valence-electron chi connectivity index (χ1n) is 12.6. The number of halogens is 1. The van der Waals surface area contributed by atoms with Gasteiger partial charge in [-0.3, -0.25) is 28.2 Å². The Morgan fingerprint density at radius 1 is 1.16 bits per heavy atom. The van der Waals surface area contributed by atoms with Crippen molar-refractivity contribution in [3.63, 3.8) is 0 Å². The van der Waals surface area contributed by atoms with Gasteiger partial charge in [-0.15, -0.1) is 0 Å². The van der Waals surface area contributed by atoms with Gasteiger partial charge in [-0.25, -0.2) is 9.36 Å². The number of aliphatic hydroxyl groups is 1. The van der Waals surface area contributed by atoms with Crippen molar-refractivity contribution in [1.82, 2.24) is 9.55 Å². The van der Waals surface area contributed by atoms with Gasteiger partial charge < -0.3 is 14.7 Å². The summed E-state index contributed by atoms with van der Waals surface area (Å²) in [5.41, 5.74) is -3.11. The molecule has 0 radical (unpaired) electrons. The summed E-state index contributed by atoms with van der Waals surface area (Å²) in [7, 11) is -4.53. The van der Waals surface area contributed by atoms with Gasteiger partial charge in [0.2, 0.25) is 5.82 Å². The van der Waals surface area contributed by atoms with Crippen LogP contribution in [0.2, 0.25) is 0 Å². The highest BCUT2D eigenvalue weighted by Crippen LogP contribution is 2.46. The number of nitrogens with zero attached hydrogens (tertiary/aromatic N) is 1. The van der Waals surface area contributed by atoms with Crippen LogP contribution in [0, 0.1) is 5.82 Å². The Morgan fingerprint density at radius 2 is 1.82 bits per heavy atom. The highest BCUT2D eigenvalue weighted by atomic mass is 31.2. The van der Waals surface area contributed by atoms with Crippen LogP contribution in [0.15, 0.2) is 46.1 Å². The highest BCUT2D eigenvalue weighted by molar-refractivity contribution is 7.47. The molecule has 1 saturated heterocycles. The predicted octanol–water partition coefficient (Wildman–Crippen LogP) is 3.00. The van der Waals surface area contributed by atoms with Crippen LogP contribution in [0.1, 0.15) is 63.7 Å². The third-order valence-electron chi connectivity index (χ3n) is 6.53. The molecule has 1 unspecified atom stereocenters. The number of unbranched alkanes of at least 4 members (excludes halogenated alkanes) is 5. The van der Waals surface area contributed by atoms with Crippen molar-refractivity contribution in [2.24, 2.45) is 0 Å². The first-order chi connectivity index (χ1) is 18.0. The van der Waals surface area contributed by atoms with E-state index in [1.54, 1.807) is 4.98 Å². The molecule has 1 aliphatic heterocycles. The molecule has 0 aliphatic carbocycles. The largest absolute Gasteiger partial charge is 0.472 e. The minimum absolute atomic E-state index is 0.0189. The molecule has 0 saturated carbocycles. The molecule has 3 N–H and O–H groups in total. The molecule has 13 heteroatoms. The van der Waals surface area contributed by atoms with Gasteiger partial charge in [0.25, 0.3) is 5.56 Å². The molecule has 2 heterocycles. The molecule has 1 aromatic heterocycles. The van der Waals surface area contributed by atoms with E-state index >= 15 is 0 Å². The van der Waals surface area contributed by atoms with Gasteiger partial charge in [0.1, 0.15) is 12.3 Å². The van der Waals surface area contributed by atoms with Crippen molar-refractivity contribution in [3.8, 4) is 0 Å². The fraction of sp³-hybridized carbons (Fsp3) is 0.560. The van der Waals surface area contributed by atoms with Gasteiger partial charge >= 0.3 is 13.5 Å². The number of hydrogen-bond acceptors (Lipinski definition) is 8. The summed E-state index contributed by atoms with van der Waals surface area (Å²) in [6.45, 7) is 0.350. The maximum absolute atomic E-state index is 13.7. The zero-order valence-electron chi connectivity index (χ0n) is 21.2. The molecule has 2 aromatic rings. The number of rotatable bonds is 15. The lowest BCUT2D eigenvalue weighted by molar-refractivity contribution is -0.144. The number of benzene rings is 1. The number of hydrogen-bond donors (Lipinski definition) is 3. The van der Waals surface area contributed by atoms with Crippen LogP contribution in [0.3, 0.4) is 0 Å². The third kappa shape index (κ3) is 8.26. The number of ketones is 1. The molecule has 0 amide bonds. The van der Waals surface area contributed by atoms with Gasteiger partial charge in [-0.2, -0.15) is 4.39 Å². The average Bonchev–Trinajstić information content (AvgIpc) is 3.22. The molecule has 1 aromatic carbocycles. The monoisotopic (exact) mass is 556 g/mol. The van der Waals surface area contributed by atoms with Crippen molar-refractivity contribution in [3.05, 3.63) is 68.7 Å². The van der Waals surface area contributed by atoms with Crippen LogP contribution in [0.4, 0.5) is 4.39 Å². The Morgan fingerprint density at radius 3 is 2.50 bits per heavy atom. The zero-order valence-corrected chi connectivity index (χ0v) is 22.1. The summed E-state index contributed by atoms with van der Waals surface area (Å²) in [5.74, 6) is -2.01. The molecular weight excluding hydrogens is 522 g/mol. The van der Waals surface area contributed by atoms with E-state index in [1.807, 2.05) is 18.2 Å². The second-order valence-electron chi connectivity index (χ2n) is 9.36. The smallest absolute Gasteiger partial charge is 0.379 e. The van der Waals surface area contributed by atoms with Crippen molar-refractivity contribution in [2.45, 2.75) is 76.2 Å². The fourth-order valence-corrected chi connectivity index (χ4v) is 5.05. The number of H-pyrrole nitrogens is 1. The minimum Gasteiger partial charge on any atom is -0.379 e. The van der Waals surface area contributed by atoms with Crippen LogP contribution in [-0.4, -0.2) is 50.3 Å². The van der Waals surface area contributed by atoms with Crippen molar-refractivity contribution in [2.75, 3.05) is 13.2 Å². The molecule has 4 atom stereocenters. The van der Waals surface area contributed by atoms with Crippen LogP contribution >= 0.6 is 7.82 Å². The average molecular weight is 557 g/mol. The van der Waals surface area contributed by atoms with E-state index in [0.717, 1.165) is 45.4 Å².